The van der Waals surface area contributed by atoms with Crippen molar-refractivity contribution in [2.24, 2.45) is 4.99 Å². The number of methoxy groups -OCH3 is 1. The summed E-state index contributed by atoms with van der Waals surface area (Å²) >= 11 is 10.8. The van der Waals surface area contributed by atoms with E-state index < -0.39 is 17.8 Å². The van der Waals surface area contributed by atoms with Crippen LogP contribution in [0, 0.1) is 19.7 Å². The number of aromatic nitrogens is 2. The smallest absolute Gasteiger partial charge is 0.338 e. The van der Waals surface area contributed by atoms with Gasteiger partial charge in [0, 0.05) is 27.1 Å². The van der Waals surface area contributed by atoms with Gasteiger partial charge in [0.2, 0.25) is 0 Å². The van der Waals surface area contributed by atoms with E-state index in [4.69, 9.17) is 21.1 Å². The molecule has 2 aromatic carbocycles. The zero-order chi connectivity index (χ0) is 30.5. The lowest BCUT2D eigenvalue weighted by Crippen LogP contribution is -2.40. The molecule has 5 rings (SSSR count). The van der Waals surface area contributed by atoms with E-state index in [9.17, 15) is 14.0 Å². The van der Waals surface area contributed by atoms with Crippen LogP contribution in [0.4, 0.5) is 4.39 Å². The van der Waals surface area contributed by atoms with E-state index in [1.54, 1.807) is 46.1 Å². The normalized spacial score (nSPS) is 15.2. The van der Waals surface area contributed by atoms with E-state index in [1.807, 2.05) is 42.7 Å². The van der Waals surface area contributed by atoms with Crippen molar-refractivity contribution in [2.75, 3.05) is 7.11 Å². The molecule has 1 atom stereocenters. The average Bonchev–Trinajstić information content (AvgIpc) is 3.38. The lowest BCUT2D eigenvalue weighted by molar-refractivity contribution is -0.143. The van der Waals surface area contributed by atoms with Crippen LogP contribution in [0.1, 0.15) is 49.3 Å². The zero-order valence-electron chi connectivity index (χ0n) is 23.8. The molecule has 4 aromatic rings. The van der Waals surface area contributed by atoms with Crippen molar-refractivity contribution in [3.05, 3.63) is 111 Å². The van der Waals surface area contributed by atoms with Gasteiger partial charge in [0.15, 0.2) is 4.80 Å². The third-order valence-corrected chi connectivity index (χ3v) is 8.75. The molecule has 42 heavy (non-hydrogen) atoms. The van der Waals surface area contributed by atoms with Crippen LogP contribution in [0.5, 0.6) is 5.75 Å². The Morgan fingerprint density at radius 1 is 1.17 bits per heavy atom. The van der Waals surface area contributed by atoms with Crippen LogP contribution in [-0.4, -0.2) is 28.3 Å². The predicted octanol–water partition coefficient (Wildman–Crippen LogP) is 6.16. The van der Waals surface area contributed by atoms with Crippen LogP contribution in [0.3, 0.4) is 0 Å². The number of carbonyl (C=O) groups is 1. The molecule has 0 radical (unpaired) electrons. The van der Waals surface area contributed by atoms with Crippen molar-refractivity contribution in [3.63, 3.8) is 0 Å². The molecular formula is C31H28BrClFN3O4S. The van der Waals surface area contributed by atoms with Crippen LogP contribution < -0.4 is 19.6 Å². The second-order valence-corrected chi connectivity index (χ2v) is 12.5. The molecule has 0 saturated carbocycles. The molecule has 0 bridgehead atoms. The van der Waals surface area contributed by atoms with Gasteiger partial charge < -0.3 is 14.0 Å². The summed E-state index contributed by atoms with van der Waals surface area (Å²) in [5, 5.41) is 0.0278. The largest absolute Gasteiger partial charge is 0.496 e. The van der Waals surface area contributed by atoms with Gasteiger partial charge in [0.25, 0.3) is 5.56 Å². The highest BCUT2D eigenvalue weighted by molar-refractivity contribution is 9.10. The summed E-state index contributed by atoms with van der Waals surface area (Å²) in [6, 6.07) is 11.1. The first-order chi connectivity index (χ1) is 19.9. The fourth-order valence-corrected chi connectivity index (χ4v) is 6.76. The van der Waals surface area contributed by atoms with Crippen LogP contribution in [0.15, 0.2) is 68.0 Å². The molecule has 7 nitrogen and oxygen atoms in total. The molecule has 1 aliphatic rings. The fourth-order valence-electron chi connectivity index (χ4n) is 5.17. The number of fused-ring (bicyclic) bond motifs is 1. The van der Waals surface area contributed by atoms with Gasteiger partial charge >= 0.3 is 5.97 Å². The summed E-state index contributed by atoms with van der Waals surface area (Å²) in [6.45, 7) is 9.14. The second-order valence-electron chi connectivity index (χ2n) is 10.2. The van der Waals surface area contributed by atoms with Gasteiger partial charge in [0.1, 0.15) is 17.6 Å². The molecule has 0 aliphatic carbocycles. The lowest BCUT2D eigenvalue weighted by atomic mass is 9.95. The number of aryl methyl sites for hydroxylation is 1. The van der Waals surface area contributed by atoms with E-state index >= 15 is 0 Å². The number of benzene rings is 2. The Balaban J connectivity index is 1.72. The van der Waals surface area contributed by atoms with Crippen molar-refractivity contribution in [2.45, 2.75) is 46.8 Å². The summed E-state index contributed by atoms with van der Waals surface area (Å²) in [7, 11) is 1.54. The van der Waals surface area contributed by atoms with Crippen LogP contribution in [0.2, 0.25) is 5.02 Å². The summed E-state index contributed by atoms with van der Waals surface area (Å²) < 4.78 is 29.8. The van der Waals surface area contributed by atoms with Gasteiger partial charge in [-0.2, -0.15) is 0 Å². The maximum atomic E-state index is 14.1. The summed E-state index contributed by atoms with van der Waals surface area (Å²) in [5.41, 5.74) is 4.31. The predicted molar refractivity (Wildman–Crippen MR) is 166 cm³/mol. The number of thiazole rings is 1. The van der Waals surface area contributed by atoms with E-state index in [-0.39, 0.29) is 22.3 Å². The van der Waals surface area contributed by atoms with Gasteiger partial charge in [-0.3, -0.25) is 9.36 Å². The van der Waals surface area contributed by atoms with Crippen LogP contribution in [0.25, 0.3) is 11.8 Å². The molecule has 0 N–H and O–H groups in total. The molecule has 11 heteroatoms. The average molecular weight is 673 g/mol. The van der Waals surface area contributed by atoms with Gasteiger partial charge in [-0.15, -0.1) is 0 Å². The van der Waals surface area contributed by atoms with Crippen molar-refractivity contribution in [3.8, 4) is 11.4 Å². The van der Waals surface area contributed by atoms with E-state index in [0.29, 0.717) is 32.0 Å². The van der Waals surface area contributed by atoms with E-state index in [0.717, 1.165) is 21.4 Å². The van der Waals surface area contributed by atoms with Crippen LogP contribution in [-0.2, 0) is 9.53 Å². The van der Waals surface area contributed by atoms with Gasteiger partial charge in [-0.05, 0) is 88.7 Å². The number of allylic oxidation sites excluding steroid dienone is 1. The summed E-state index contributed by atoms with van der Waals surface area (Å²) in [4.78, 5) is 32.7. The summed E-state index contributed by atoms with van der Waals surface area (Å²) in [6.07, 6.45) is 1.45. The first-order valence-corrected chi connectivity index (χ1v) is 15.1. The first kappa shape index (κ1) is 30.0. The number of nitrogens with zero attached hydrogens (tertiary/aromatic N) is 3. The SMILES string of the molecule is COc1ccc(Br)cc1[C@@H]1C(C(=O)OC(C)C)=C(C)N=c2s/c(=C\c3cc(C)n(-c4ccc(F)c(Cl)c4)c3C)c(=O)n21. The number of halogens is 3. The molecular weight excluding hydrogens is 645 g/mol. The topological polar surface area (TPSA) is 74.8 Å². The number of hydrogen-bond donors (Lipinski definition) is 0. The zero-order valence-corrected chi connectivity index (χ0v) is 26.9. The molecule has 0 amide bonds. The quantitative estimate of drug-likeness (QED) is 0.230. The van der Waals surface area contributed by atoms with E-state index in [2.05, 4.69) is 20.9 Å². The minimum absolute atomic E-state index is 0.0278. The Bertz CT molecular complexity index is 1960. The Morgan fingerprint density at radius 2 is 1.90 bits per heavy atom. The number of ether oxygens (including phenoxy) is 2. The monoisotopic (exact) mass is 671 g/mol. The number of hydrogen-bond acceptors (Lipinski definition) is 6. The molecule has 0 spiro atoms. The number of esters is 1. The Labute approximate surface area is 259 Å². The molecule has 2 aromatic heterocycles. The van der Waals surface area contributed by atoms with Crippen molar-refractivity contribution >= 4 is 50.9 Å². The van der Waals surface area contributed by atoms with Crippen LogP contribution >= 0.6 is 38.9 Å². The molecule has 0 fully saturated rings. The fraction of sp³-hybridized carbons (Fsp3) is 0.258. The molecule has 0 saturated heterocycles. The Morgan fingerprint density at radius 3 is 2.57 bits per heavy atom. The minimum Gasteiger partial charge on any atom is -0.496 e. The van der Waals surface area contributed by atoms with Gasteiger partial charge in [0.05, 0.1) is 34.0 Å². The van der Waals surface area contributed by atoms with Crippen molar-refractivity contribution in [1.82, 2.24) is 9.13 Å². The molecule has 1 aliphatic heterocycles. The van der Waals surface area contributed by atoms with Crippen molar-refractivity contribution < 1.29 is 18.7 Å². The molecule has 0 unspecified atom stereocenters. The van der Waals surface area contributed by atoms with Crippen molar-refractivity contribution in [1.29, 1.82) is 0 Å². The van der Waals surface area contributed by atoms with Gasteiger partial charge in [-0.25, -0.2) is 14.2 Å². The minimum atomic E-state index is -0.823. The number of carbonyl (C=O) groups excluding carboxylic acids is 1. The molecule has 3 heterocycles. The lowest BCUT2D eigenvalue weighted by Gasteiger charge is -2.26. The highest BCUT2D eigenvalue weighted by atomic mass is 79.9. The third-order valence-electron chi connectivity index (χ3n) is 6.99. The summed E-state index contributed by atoms with van der Waals surface area (Å²) in [5.74, 6) is -0.523. The maximum Gasteiger partial charge on any atom is 0.338 e. The second kappa shape index (κ2) is 11.7. The first-order valence-electron chi connectivity index (χ1n) is 13.1. The highest BCUT2D eigenvalue weighted by Crippen LogP contribution is 2.37. The Hall–Kier alpha value is -3.47. The highest BCUT2D eigenvalue weighted by Gasteiger charge is 2.35. The Kier molecular flexibility index (Phi) is 8.33. The third kappa shape index (κ3) is 5.39. The van der Waals surface area contributed by atoms with E-state index in [1.165, 1.54) is 22.0 Å². The number of rotatable bonds is 6. The maximum absolute atomic E-state index is 14.1. The van der Waals surface area contributed by atoms with Gasteiger partial charge in [-0.1, -0.05) is 38.9 Å². The molecule has 218 valence electrons. The standard InChI is InChI=1S/C31H28BrClFN3O4S/c1-15(2)41-30(39)27-17(4)35-31-37(28(27)22-13-20(32)7-10-25(22)40-6)29(38)26(42-31)12-19-11-16(3)36(18(19)5)21-8-9-24(34)23(33)14-21/h7-15,28H,1-6H3/b26-12-/t28-/m1/s1.